The molecular weight excluding hydrogens is 243 g/mol. The van der Waals surface area contributed by atoms with Gasteiger partial charge in [-0.1, -0.05) is 29.3 Å². The minimum absolute atomic E-state index is 0.657. The predicted molar refractivity (Wildman–Crippen MR) is 67.7 cm³/mol. The van der Waals surface area contributed by atoms with Crippen LogP contribution in [0.5, 0.6) is 11.5 Å². The summed E-state index contributed by atoms with van der Waals surface area (Å²) in [4.78, 5) is 0. The smallest absolute Gasteiger partial charge is 0.130 e. The van der Waals surface area contributed by atoms with E-state index in [-0.39, 0.29) is 0 Å². The molecule has 1 nitrogen and oxygen atoms in total. The quantitative estimate of drug-likeness (QED) is 0.723. The second kappa shape index (κ2) is 4.77. The lowest BCUT2D eigenvalue weighted by Crippen LogP contribution is -1.87. The molecule has 0 bridgehead atoms. The van der Waals surface area contributed by atoms with Gasteiger partial charge in [0.2, 0.25) is 0 Å². The van der Waals surface area contributed by atoms with Crippen molar-refractivity contribution in [2.75, 3.05) is 0 Å². The first-order valence-electron chi connectivity index (χ1n) is 4.85. The standard InChI is InChI=1S/C13H10Cl2O/c1-9-7-11(15)5-6-13(9)16-12-4-2-3-10(14)8-12/h2-8H,1H3. The lowest BCUT2D eigenvalue weighted by atomic mass is 10.2. The molecule has 0 unspecified atom stereocenters. The monoisotopic (exact) mass is 252 g/mol. The van der Waals surface area contributed by atoms with E-state index in [0.29, 0.717) is 10.0 Å². The van der Waals surface area contributed by atoms with E-state index in [4.69, 9.17) is 27.9 Å². The van der Waals surface area contributed by atoms with E-state index in [2.05, 4.69) is 0 Å². The highest BCUT2D eigenvalue weighted by molar-refractivity contribution is 6.31. The molecule has 16 heavy (non-hydrogen) atoms. The van der Waals surface area contributed by atoms with Crippen molar-refractivity contribution in [1.82, 2.24) is 0 Å². The Morgan fingerprint density at radius 3 is 2.38 bits per heavy atom. The average Bonchev–Trinajstić information content (AvgIpc) is 2.22. The largest absolute Gasteiger partial charge is 0.457 e. The van der Waals surface area contributed by atoms with Crippen LogP contribution < -0.4 is 4.74 Å². The Morgan fingerprint density at radius 2 is 1.69 bits per heavy atom. The van der Waals surface area contributed by atoms with Gasteiger partial charge < -0.3 is 4.74 Å². The van der Waals surface area contributed by atoms with Crippen LogP contribution in [0.3, 0.4) is 0 Å². The molecule has 2 aromatic carbocycles. The molecule has 0 aromatic heterocycles. The van der Waals surface area contributed by atoms with E-state index >= 15 is 0 Å². The number of benzene rings is 2. The molecule has 82 valence electrons. The van der Waals surface area contributed by atoms with Gasteiger partial charge in [0.1, 0.15) is 11.5 Å². The van der Waals surface area contributed by atoms with Crippen molar-refractivity contribution >= 4 is 23.2 Å². The fraction of sp³-hybridized carbons (Fsp3) is 0.0769. The maximum absolute atomic E-state index is 5.87. The summed E-state index contributed by atoms with van der Waals surface area (Å²) in [7, 11) is 0. The maximum Gasteiger partial charge on any atom is 0.130 e. The van der Waals surface area contributed by atoms with Crippen LogP contribution in [0.1, 0.15) is 5.56 Å². The molecule has 0 spiro atoms. The van der Waals surface area contributed by atoms with Gasteiger partial charge in [0.05, 0.1) is 0 Å². The summed E-state index contributed by atoms with van der Waals surface area (Å²) >= 11 is 11.7. The van der Waals surface area contributed by atoms with Crippen LogP contribution in [0.15, 0.2) is 42.5 Å². The molecule has 2 aromatic rings. The van der Waals surface area contributed by atoms with Gasteiger partial charge in [0.25, 0.3) is 0 Å². The first-order valence-corrected chi connectivity index (χ1v) is 5.60. The summed E-state index contributed by atoms with van der Waals surface area (Å²) in [5.41, 5.74) is 0.993. The van der Waals surface area contributed by atoms with Crippen molar-refractivity contribution in [3.05, 3.63) is 58.1 Å². The molecule has 0 heterocycles. The molecule has 0 N–H and O–H groups in total. The van der Waals surface area contributed by atoms with Crippen molar-refractivity contribution in [3.63, 3.8) is 0 Å². The lowest BCUT2D eigenvalue weighted by molar-refractivity contribution is 0.479. The van der Waals surface area contributed by atoms with Gasteiger partial charge in [-0.2, -0.15) is 0 Å². The molecule has 0 amide bonds. The van der Waals surface area contributed by atoms with Gasteiger partial charge in [-0.15, -0.1) is 0 Å². The van der Waals surface area contributed by atoms with Gasteiger partial charge in [-0.05, 0) is 48.9 Å². The Balaban J connectivity index is 2.27. The maximum atomic E-state index is 5.87. The van der Waals surface area contributed by atoms with Crippen molar-refractivity contribution in [2.45, 2.75) is 6.92 Å². The molecule has 0 saturated carbocycles. The van der Waals surface area contributed by atoms with E-state index in [1.807, 2.05) is 37.3 Å². The first-order chi connectivity index (χ1) is 7.65. The number of aryl methyl sites for hydroxylation is 1. The molecular formula is C13H10Cl2O. The second-order valence-corrected chi connectivity index (χ2v) is 4.34. The van der Waals surface area contributed by atoms with Crippen LogP contribution in [0.25, 0.3) is 0 Å². The minimum atomic E-state index is 0.657. The van der Waals surface area contributed by atoms with Crippen LogP contribution in [0.4, 0.5) is 0 Å². The second-order valence-electron chi connectivity index (χ2n) is 3.47. The molecule has 0 radical (unpaired) electrons. The third-order valence-electron chi connectivity index (χ3n) is 2.16. The Kier molecular flexibility index (Phi) is 3.37. The normalized spacial score (nSPS) is 10.2. The highest BCUT2D eigenvalue weighted by Gasteiger charge is 2.02. The van der Waals surface area contributed by atoms with Gasteiger partial charge in [0.15, 0.2) is 0 Å². The summed E-state index contributed by atoms with van der Waals surface area (Å²) in [6.07, 6.45) is 0. The molecule has 0 atom stereocenters. The van der Waals surface area contributed by atoms with Crippen molar-refractivity contribution in [2.24, 2.45) is 0 Å². The SMILES string of the molecule is Cc1cc(Cl)ccc1Oc1cccc(Cl)c1. The van der Waals surface area contributed by atoms with Gasteiger partial charge in [0, 0.05) is 10.0 Å². The summed E-state index contributed by atoms with van der Waals surface area (Å²) in [5, 5.41) is 1.36. The van der Waals surface area contributed by atoms with E-state index in [9.17, 15) is 0 Å². The van der Waals surface area contributed by atoms with Crippen molar-refractivity contribution in [3.8, 4) is 11.5 Å². The molecule has 0 aliphatic heterocycles. The number of ether oxygens (including phenoxy) is 1. The molecule has 0 aliphatic rings. The van der Waals surface area contributed by atoms with Crippen molar-refractivity contribution in [1.29, 1.82) is 0 Å². The van der Waals surface area contributed by atoms with Gasteiger partial charge in [-0.3, -0.25) is 0 Å². The fourth-order valence-electron chi connectivity index (χ4n) is 1.38. The minimum Gasteiger partial charge on any atom is -0.457 e. The van der Waals surface area contributed by atoms with Crippen LogP contribution in [0, 0.1) is 6.92 Å². The Morgan fingerprint density at radius 1 is 0.938 bits per heavy atom. The Bertz CT molecular complexity index is 509. The summed E-state index contributed by atoms with van der Waals surface area (Å²) < 4.78 is 5.70. The van der Waals surface area contributed by atoms with Crippen LogP contribution >= 0.6 is 23.2 Å². The van der Waals surface area contributed by atoms with Gasteiger partial charge in [-0.25, -0.2) is 0 Å². The van der Waals surface area contributed by atoms with E-state index < -0.39 is 0 Å². The lowest BCUT2D eigenvalue weighted by Gasteiger charge is -2.08. The van der Waals surface area contributed by atoms with E-state index in [0.717, 1.165) is 17.1 Å². The highest BCUT2D eigenvalue weighted by atomic mass is 35.5. The zero-order valence-electron chi connectivity index (χ0n) is 8.71. The Hall–Kier alpha value is -1.18. The number of hydrogen-bond donors (Lipinski definition) is 0. The first kappa shape index (κ1) is 11.3. The third-order valence-corrected chi connectivity index (χ3v) is 2.63. The van der Waals surface area contributed by atoms with E-state index in [1.165, 1.54) is 0 Å². The van der Waals surface area contributed by atoms with Crippen molar-refractivity contribution < 1.29 is 4.74 Å². The average molecular weight is 253 g/mol. The van der Waals surface area contributed by atoms with Gasteiger partial charge >= 0.3 is 0 Å². The fourth-order valence-corrected chi connectivity index (χ4v) is 1.79. The van der Waals surface area contributed by atoms with Crippen LogP contribution in [-0.2, 0) is 0 Å². The molecule has 3 heteroatoms. The Labute approximate surface area is 105 Å². The van der Waals surface area contributed by atoms with Crippen LogP contribution in [-0.4, -0.2) is 0 Å². The van der Waals surface area contributed by atoms with Crippen LogP contribution in [0.2, 0.25) is 10.0 Å². The predicted octanol–water partition coefficient (Wildman–Crippen LogP) is 5.09. The molecule has 0 fully saturated rings. The summed E-state index contributed by atoms with van der Waals surface area (Å²) in [5.74, 6) is 1.50. The molecule has 0 aliphatic carbocycles. The zero-order chi connectivity index (χ0) is 11.5. The van der Waals surface area contributed by atoms with E-state index in [1.54, 1.807) is 12.1 Å². The third kappa shape index (κ3) is 2.69. The summed E-state index contributed by atoms with van der Waals surface area (Å²) in [6.45, 7) is 1.95. The number of hydrogen-bond acceptors (Lipinski definition) is 1. The number of halogens is 2. The molecule has 2 rings (SSSR count). The number of rotatable bonds is 2. The summed E-state index contributed by atoms with van der Waals surface area (Å²) in [6, 6.07) is 12.8. The highest BCUT2D eigenvalue weighted by Crippen LogP contribution is 2.28. The molecule has 0 saturated heterocycles. The zero-order valence-corrected chi connectivity index (χ0v) is 10.2. The topological polar surface area (TPSA) is 9.23 Å².